The average molecular weight is 492 g/mol. The molecule has 3 aromatic carbocycles. The fourth-order valence-corrected chi connectivity index (χ4v) is 3.73. The van der Waals surface area contributed by atoms with Gasteiger partial charge in [0.15, 0.2) is 12.4 Å². The Morgan fingerprint density at radius 3 is 2.03 bits per heavy atom. The molecule has 9 nitrogen and oxygen atoms in total. The van der Waals surface area contributed by atoms with E-state index in [4.69, 9.17) is 18.9 Å². The summed E-state index contributed by atoms with van der Waals surface area (Å²) in [5.41, 5.74) is 1.01. The molecule has 1 fully saturated rings. The predicted molar refractivity (Wildman–Crippen MR) is 125 cm³/mol. The van der Waals surface area contributed by atoms with E-state index in [-0.39, 0.29) is 24.3 Å². The molecule has 3 aromatic rings. The van der Waals surface area contributed by atoms with Crippen LogP contribution in [0, 0.1) is 0 Å². The minimum Gasteiger partial charge on any atom is -0.478 e. The molecule has 0 spiro atoms. The van der Waals surface area contributed by atoms with Crippen LogP contribution >= 0.6 is 0 Å². The molecule has 36 heavy (non-hydrogen) atoms. The largest absolute Gasteiger partial charge is 0.478 e. The lowest BCUT2D eigenvalue weighted by atomic mass is 10.1. The normalized spacial score (nSPS) is 21.0. The highest BCUT2D eigenvalue weighted by Gasteiger charge is 2.47. The van der Waals surface area contributed by atoms with Gasteiger partial charge in [-0.2, -0.15) is 0 Å². The van der Waals surface area contributed by atoms with Crippen LogP contribution in [0.3, 0.4) is 0 Å². The van der Waals surface area contributed by atoms with Crippen LogP contribution < -0.4 is 0 Å². The van der Waals surface area contributed by atoms with Crippen molar-refractivity contribution in [3.8, 4) is 0 Å². The molecule has 0 saturated carbocycles. The van der Waals surface area contributed by atoms with Gasteiger partial charge in [-0.15, -0.1) is 0 Å². The van der Waals surface area contributed by atoms with Gasteiger partial charge < -0.3 is 29.2 Å². The quantitative estimate of drug-likeness (QED) is 0.433. The monoisotopic (exact) mass is 492 g/mol. The van der Waals surface area contributed by atoms with Crippen LogP contribution in [0.2, 0.25) is 0 Å². The van der Waals surface area contributed by atoms with Gasteiger partial charge in [0.25, 0.3) is 0 Å². The summed E-state index contributed by atoms with van der Waals surface area (Å²) in [6.45, 7) is -0.497. The first-order chi connectivity index (χ1) is 17.4. The maximum Gasteiger partial charge on any atom is 0.338 e. The third kappa shape index (κ3) is 5.95. The molecular weight excluding hydrogens is 468 g/mol. The summed E-state index contributed by atoms with van der Waals surface area (Å²) in [5.74, 6) is -2.43. The Labute approximate surface area is 206 Å². The fraction of sp³-hybridized carbons (Fsp3) is 0.222. The number of carboxylic acids is 1. The zero-order valence-corrected chi connectivity index (χ0v) is 19.1. The van der Waals surface area contributed by atoms with E-state index in [1.54, 1.807) is 78.9 Å². The molecule has 4 rings (SSSR count). The number of aliphatic hydroxyl groups excluding tert-OH is 1. The number of carboxylic acid groups (broad SMARTS) is 1. The van der Waals surface area contributed by atoms with Gasteiger partial charge >= 0.3 is 17.9 Å². The van der Waals surface area contributed by atoms with E-state index in [1.807, 2.05) is 0 Å². The van der Waals surface area contributed by atoms with E-state index >= 15 is 0 Å². The van der Waals surface area contributed by atoms with Crippen molar-refractivity contribution in [3.05, 3.63) is 107 Å². The van der Waals surface area contributed by atoms with Crippen molar-refractivity contribution in [2.45, 2.75) is 31.2 Å². The smallest absolute Gasteiger partial charge is 0.338 e. The number of hydrogen-bond donors (Lipinski definition) is 2. The van der Waals surface area contributed by atoms with Crippen LogP contribution in [-0.4, -0.2) is 59.3 Å². The van der Waals surface area contributed by atoms with Crippen molar-refractivity contribution >= 4 is 17.9 Å². The number of ether oxygens (including phenoxy) is 4. The predicted octanol–water partition coefficient (Wildman–Crippen LogP) is 3.07. The van der Waals surface area contributed by atoms with Gasteiger partial charge in [0.2, 0.25) is 0 Å². The van der Waals surface area contributed by atoms with Crippen LogP contribution in [0.15, 0.2) is 84.9 Å². The van der Waals surface area contributed by atoms with Gasteiger partial charge in [-0.3, -0.25) is 0 Å². The topological polar surface area (TPSA) is 129 Å². The zero-order chi connectivity index (χ0) is 25.5. The minimum absolute atomic E-state index is 0.0467. The van der Waals surface area contributed by atoms with Crippen molar-refractivity contribution in [1.82, 2.24) is 0 Å². The van der Waals surface area contributed by atoms with Gasteiger partial charge in [-0.25, -0.2) is 14.4 Å². The van der Waals surface area contributed by atoms with E-state index in [0.717, 1.165) is 0 Å². The van der Waals surface area contributed by atoms with Crippen molar-refractivity contribution in [2.75, 3.05) is 6.61 Å². The Bertz CT molecular complexity index is 1200. The van der Waals surface area contributed by atoms with Crippen LogP contribution in [0.4, 0.5) is 0 Å². The second kappa shape index (κ2) is 11.6. The van der Waals surface area contributed by atoms with E-state index in [1.165, 1.54) is 6.07 Å². The molecule has 4 atom stereocenters. The fourth-order valence-electron chi connectivity index (χ4n) is 3.73. The summed E-state index contributed by atoms with van der Waals surface area (Å²) in [6, 6.07) is 22.8. The van der Waals surface area contributed by atoms with Gasteiger partial charge in [0, 0.05) is 0 Å². The molecule has 1 unspecified atom stereocenters. The number of rotatable bonds is 9. The van der Waals surface area contributed by atoms with E-state index in [0.29, 0.717) is 11.1 Å². The Morgan fingerprint density at radius 2 is 1.39 bits per heavy atom. The first kappa shape index (κ1) is 25.1. The third-order valence-electron chi connectivity index (χ3n) is 5.58. The van der Waals surface area contributed by atoms with E-state index in [2.05, 4.69) is 0 Å². The van der Waals surface area contributed by atoms with Crippen molar-refractivity contribution in [2.24, 2.45) is 0 Å². The van der Waals surface area contributed by atoms with Gasteiger partial charge in [-0.05, 0) is 35.9 Å². The summed E-state index contributed by atoms with van der Waals surface area (Å²) in [5, 5.41) is 20.2. The SMILES string of the molecule is O=C(OC[C@H]1OC(OCc2ccccc2C(=O)O)[C@@H](O)[C@@H]1OC(=O)c1ccccc1)c1ccccc1. The average Bonchev–Trinajstić information content (AvgIpc) is 3.20. The summed E-state index contributed by atoms with van der Waals surface area (Å²) in [4.78, 5) is 36.5. The van der Waals surface area contributed by atoms with Crippen LogP contribution in [0.1, 0.15) is 36.6 Å². The Kier molecular flexibility index (Phi) is 8.06. The summed E-state index contributed by atoms with van der Waals surface area (Å²) < 4.78 is 22.3. The van der Waals surface area contributed by atoms with Gasteiger partial charge in [0.05, 0.1) is 23.3 Å². The maximum atomic E-state index is 12.7. The second-order valence-electron chi connectivity index (χ2n) is 8.01. The molecule has 1 saturated heterocycles. The summed E-state index contributed by atoms with van der Waals surface area (Å²) in [6.07, 6.45) is -4.92. The first-order valence-corrected chi connectivity index (χ1v) is 11.2. The molecule has 186 valence electrons. The standard InChI is InChI=1S/C27H24O9/c28-22-23(36-26(32)18-11-5-2-6-12-18)21(16-33-25(31)17-9-3-1-4-10-17)35-27(22)34-15-19-13-7-8-14-20(19)24(29)30/h1-14,21-23,27-28H,15-16H2,(H,29,30)/t21-,22+,23-,27?/m1/s1. The molecule has 1 aliphatic heterocycles. The number of esters is 2. The molecule has 9 heteroatoms. The summed E-state index contributed by atoms with van der Waals surface area (Å²) in [7, 11) is 0. The number of carbonyl (C=O) groups is 3. The minimum atomic E-state index is -1.42. The first-order valence-electron chi connectivity index (χ1n) is 11.2. The highest BCUT2D eigenvalue weighted by Crippen LogP contribution is 2.28. The molecule has 1 aliphatic rings. The summed E-state index contributed by atoms with van der Waals surface area (Å²) >= 11 is 0. The molecule has 0 aliphatic carbocycles. The highest BCUT2D eigenvalue weighted by molar-refractivity contribution is 5.90. The number of hydrogen-bond acceptors (Lipinski definition) is 8. The number of aliphatic hydroxyl groups is 1. The lowest BCUT2D eigenvalue weighted by Crippen LogP contribution is -2.39. The molecule has 2 N–H and O–H groups in total. The number of aromatic carboxylic acids is 1. The molecule has 0 aromatic heterocycles. The molecule has 0 bridgehead atoms. The number of carbonyl (C=O) groups excluding carboxylic acids is 2. The second-order valence-corrected chi connectivity index (χ2v) is 8.01. The Hall–Kier alpha value is -4.05. The van der Waals surface area contributed by atoms with Crippen LogP contribution in [0.5, 0.6) is 0 Å². The third-order valence-corrected chi connectivity index (χ3v) is 5.58. The Morgan fingerprint density at radius 1 is 0.806 bits per heavy atom. The van der Waals surface area contributed by atoms with Gasteiger partial charge in [-0.1, -0.05) is 54.6 Å². The molecular formula is C27H24O9. The van der Waals surface area contributed by atoms with Crippen molar-refractivity contribution in [1.29, 1.82) is 0 Å². The molecule has 0 amide bonds. The van der Waals surface area contributed by atoms with Crippen LogP contribution in [-0.2, 0) is 25.6 Å². The van der Waals surface area contributed by atoms with Crippen LogP contribution in [0.25, 0.3) is 0 Å². The Balaban J connectivity index is 1.47. The van der Waals surface area contributed by atoms with Gasteiger partial charge in [0.1, 0.15) is 18.8 Å². The highest BCUT2D eigenvalue weighted by atomic mass is 16.7. The maximum absolute atomic E-state index is 12.7. The van der Waals surface area contributed by atoms with Crippen molar-refractivity contribution < 1.29 is 43.5 Å². The zero-order valence-electron chi connectivity index (χ0n) is 19.1. The number of benzene rings is 3. The van der Waals surface area contributed by atoms with Crippen molar-refractivity contribution in [3.63, 3.8) is 0 Å². The van der Waals surface area contributed by atoms with E-state index in [9.17, 15) is 24.6 Å². The van der Waals surface area contributed by atoms with E-state index < -0.39 is 42.5 Å². The molecule has 1 heterocycles. The lowest BCUT2D eigenvalue weighted by Gasteiger charge is -2.20. The lowest BCUT2D eigenvalue weighted by molar-refractivity contribution is -0.175. The molecule has 0 radical (unpaired) electrons.